The lowest BCUT2D eigenvalue weighted by atomic mass is 10.2. The lowest BCUT2D eigenvalue weighted by Gasteiger charge is -2.07. The van der Waals surface area contributed by atoms with Gasteiger partial charge in [0.1, 0.15) is 5.56 Å². The van der Waals surface area contributed by atoms with E-state index in [9.17, 15) is 9.59 Å². The van der Waals surface area contributed by atoms with Gasteiger partial charge in [-0.1, -0.05) is 6.07 Å². The van der Waals surface area contributed by atoms with Crippen LogP contribution in [0.25, 0.3) is 0 Å². The van der Waals surface area contributed by atoms with E-state index in [2.05, 4.69) is 4.98 Å². The highest BCUT2D eigenvalue weighted by atomic mass is 16.4. The van der Waals surface area contributed by atoms with Crippen molar-refractivity contribution >= 4 is 5.97 Å². The molecule has 0 aromatic carbocycles. The first-order chi connectivity index (χ1) is 8.56. The van der Waals surface area contributed by atoms with Crippen molar-refractivity contribution in [2.45, 2.75) is 13.5 Å². The minimum atomic E-state index is -1.21. The van der Waals surface area contributed by atoms with Gasteiger partial charge in [-0.2, -0.15) is 0 Å². The molecule has 1 N–H and O–H groups in total. The molecule has 0 aliphatic carbocycles. The number of hydrogen-bond acceptors (Lipinski definition) is 3. The van der Waals surface area contributed by atoms with Gasteiger partial charge in [-0.15, -0.1) is 0 Å². The summed E-state index contributed by atoms with van der Waals surface area (Å²) in [5.74, 6) is -1.21. The molecule has 0 amide bonds. The molecule has 0 fully saturated rings. The third kappa shape index (κ3) is 2.63. The van der Waals surface area contributed by atoms with Gasteiger partial charge in [0.05, 0.1) is 0 Å². The van der Waals surface area contributed by atoms with Crippen LogP contribution in [0.4, 0.5) is 0 Å². The molecule has 18 heavy (non-hydrogen) atoms. The normalized spacial score (nSPS) is 10.3. The lowest BCUT2D eigenvalue weighted by molar-refractivity contribution is 0.0694. The molecule has 5 nitrogen and oxygen atoms in total. The number of aromatic carboxylic acids is 1. The molecule has 0 bridgehead atoms. The van der Waals surface area contributed by atoms with Crippen LogP contribution in [0.5, 0.6) is 0 Å². The Morgan fingerprint density at radius 2 is 2.22 bits per heavy atom. The predicted octanol–water partition coefficient (Wildman–Crippen LogP) is 1.30. The second-order valence-electron chi connectivity index (χ2n) is 4.07. The monoisotopic (exact) mass is 244 g/mol. The fraction of sp³-hybridized carbons (Fsp3) is 0.154. The van der Waals surface area contributed by atoms with Crippen LogP contribution in [-0.4, -0.2) is 20.6 Å². The Labute approximate surface area is 103 Å². The number of nitrogens with zero attached hydrogens (tertiary/aromatic N) is 2. The number of aryl methyl sites for hydroxylation is 1. The Morgan fingerprint density at radius 1 is 1.44 bits per heavy atom. The third-order valence-corrected chi connectivity index (χ3v) is 2.50. The minimum Gasteiger partial charge on any atom is -0.477 e. The molecule has 0 aliphatic heterocycles. The van der Waals surface area contributed by atoms with Crippen LogP contribution in [0.15, 0.2) is 41.7 Å². The van der Waals surface area contributed by atoms with Crippen molar-refractivity contribution < 1.29 is 9.90 Å². The highest BCUT2D eigenvalue weighted by Crippen LogP contribution is 2.04. The van der Waals surface area contributed by atoms with Crippen LogP contribution in [0.3, 0.4) is 0 Å². The van der Waals surface area contributed by atoms with Gasteiger partial charge in [0.25, 0.3) is 0 Å². The van der Waals surface area contributed by atoms with Crippen molar-refractivity contribution in [3.8, 4) is 0 Å². The van der Waals surface area contributed by atoms with Crippen molar-refractivity contribution in [2.75, 3.05) is 0 Å². The number of pyridine rings is 2. The summed E-state index contributed by atoms with van der Waals surface area (Å²) in [6.45, 7) is 2.42. The van der Waals surface area contributed by atoms with Gasteiger partial charge in [0.2, 0.25) is 0 Å². The second-order valence-corrected chi connectivity index (χ2v) is 4.07. The van der Waals surface area contributed by atoms with Gasteiger partial charge in [0, 0.05) is 37.4 Å². The molecular formula is C13H12N2O3. The summed E-state index contributed by atoms with van der Waals surface area (Å²) in [6, 6.07) is 3.22. The first-order valence-electron chi connectivity index (χ1n) is 5.40. The summed E-state index contributed by atoms with van der Waals surface area (Å²) in [6.07, 6.45) is 6.37. The number of aromatic nitrogens is 2. The molecule has 92 valence electrons. The Kier molecular flexibility index (Phi) is 3.23. The van der Waals surface area contributed by atoms with E-state index in [1.54, 1.807) is 23.2 Å². The van der Waals surface area contributed by atoms with Gasteiger partial charge < -0.3 is 9.67 Å². The van der Waals surface area contributed by atoms with Gasteiger partial charge >= 0.3 is 5.97 Å². The Morgan fingerprint density at radius 3 is 2.89 bits per heavy atom. The van der Waals surface area contributed by atoms with E-state index in [4.69, 9.17) is 5.11 Å². The van der Waals surface area contributed by atoms with Gasteiger partial charge in [0.15, 0.2) is 5.43 Å². The van der Waals surface area contributed by atoms with E-state index in [0.717, 1.165) is 11.1 Å². The van der Waals surface area contributed by atoms with E-state index in [-0.39, 0.29) is 5.56 Å². The summed E-state index contributed by atoms with van der Waals surface area (Å²) in [7, 11) is 0. The molecule has 0 radical (unpaired) electrons. The largest absolute Gasteiger partial charge is 0.477 e. The molecule has 2 aromatic heterocycles. The maximum Gasteiger partial charge on any atom is 0.341 e. The van der Waals surface area contributed by atoms with Crippen molar-refractivity contribution in [1.29, 1.82) is 0 Å². The fourth-order valence-corrected chi connectivity index (χ4v) is 1.70. The molecular weight excluding hydrogens is 232 g/mol. The van der Waals surface area contributed by atoms with Crippen LogP contribution in [0, 0.1) is 6.92 Å². The molecule has 0 unspecified atom stereocenters. The number of carbonyl (C=O) groups is 1. The summed E-state index contributed by atoms with van der Waals surface area (Å²) < 4.78 is 1.65. The van der Waals surface area contributed by atoms with Crippen molar-refractivity contribution in [1.82, 2.24) is 9.55 Å². The van der Waals surface area contributed by atoms with Crippen molar-refractivity contribution in [2.24, 2.45) is 0 Å². The first-order valence-corrected chi connectivity index (χ1v) is 5.40. The zero-order valence-corrected chi connectivity index (χ0v) is 9.83. The zero-order chi connectivity index (χ0) is 13.1. The standard InChI is InChI=1S/C13H12N2O3/c1-9-4-10(6-14-5-9)7-15-3-2-12(16)11(8-15)13(17)18/h2-6,8H,7H2,1H3,(H,17,18). The second kappa shape index (κ2) is 4.83. The molecule has 0 aliphatic rings. The van der Waals surface area contributed by atoms with E-state index >= 15 is 0 Å². The van der Waals surface area contributed by atoms with Gasteiger partial charge in [-0.25, -0.2) is 4.79 Å². The average Bonchev–Trinajstić information content (AvgIpc) is 2.31. The maximum atomic E-state index is 11.3. The first kappa shape index (κ1) is 12.0. The minimum absolute atomic E-state index is 0.224. The van der Waals surface area contributed by atoms with E-state index < -0.39 is 11.4 Å². The van der Waals surface area contributed by atoms with Gasteiger partial charge in [-0.3, -0.25) is 9.78 Å². The molecule has 0 saturated heterocycles. The van der Waals surface area contributed by atoms with Crippen LogP contribution in [0.2, 0.25) is 0 Å². The molecule has 2 heterocycles. The topological polar surface area (TPSA) is 72.2 Å². The van der Waals surface area contributed by atoms with E-state index in [1.165, 1.54) is 12.3 Å². The van der Waals surface area contributed by atoms with Gasteiger partial charge in [-0.05, 0) is 18.1 Å². The number of rotatable bonds is 3. The fourth-order valence-electron chi connectivity index (χ4n) is 1.70. The predicted molar refractivity (Wildman–Crippen MR) is 65.7 cm³/mol. The average molecular weight is 244 g/mol. The summed E-state index contributed by atoms with van der Waals surface area (Å²) in [4.78, 5) is 26.2. The van der Waals surface area contributed by atoms with Crippen LogP contribution < -0.4 is 5.43 Å². The summed E-state index contributed by atoms with van der Waals surface area (Å²) >= 11 is 0. The molecule has 0 saturated carbocycles. The Balaban J connectivity index is 2.33. The van der Waals surface area contributed by atoms with Crippen LogP contribution in [0.1, 0.15) is 21.5 Å². The number of hydrogen-bond donors (Lipinski definition) is 1. The Bertz CT molecular complexity index is 647. The molecule has 0 atom stereocenters. The van der Waals surface area contributed by atoms with Crippen molar-refractivity contribution in [3.05, 3.63) is 63.8 Å². The molecule has 2 rings (SSSR count). The third-order valence-electron chi connectivity index (χ3n) is 2.50. The highest BCUT2D eigenvalue weighted by molar-refractivity contribution is 5.86. The maximum absolute atomic E-state index is 11.3. The molecule has 5 heteroatoms. The lowest BCUT2D eigenvalue weighted by Crippen LogP contribution is -2.16. The van der Waals surface area contributed by atoms with Crippen LogP contribution in [-0.2, 0) is 6.54 Å². The van der Waals surface area contributed by atoms with Crippen LogP contribution >= 0.6 is 0 Å². The number of carboxylic acids is 1. The summed E-state index contributed by atoms with van der Waals surface area (Å²) in [5, 5.41) is 8.87. The zero-order valence-electron chi connectivity index (χ0n) is 9.83. The van der Waals surface area contributed by atoms with E-state index in [1.807, 2.05) is 13.0 Å². The smallest absolute Gasteiger partial charge is 0.341 e. The number of carboxylic acid groups (broad SMARTS) is 1. The quantitative estimate of drug-likeness (QED) is 0.883. The highest BCUT2D eigenvalue weighted by Gasteiger charge is 2.08. The molecule has 2 aromatic rings. The summed E-state index contributed by atoms with van der Waals surface area (Å²) in [5.41, 5.74) is 1.28. The van der Waals surface area contributed by atoms with E-state index in [0.29, 0.717) is 6.54 Å². The Hall–Kier alpha value is -2.43. The SMILES string of the molecule is Cc1cncc(Cn2ccc(=O)c(C(=O)O)c2)c1. The van der Waals surface area contributed by atoms with Crippen molar-refractivity contribution in [3.63, 3.8) is 0 Å². The molecule has 0 spiro atoms.